The molecule has 1 aromatic carbocycles. The van der Waals surface area contributed by atoms with Crippen LogP contribution >= 0.6 is 0 Å². The van der Waals surface area contributed by atoms with E-state index in [1.165, 1.54) is 0 Å². The molecule has 1 atom stereocenters. The molecule has 0 unspecified atom stereocenters. The van der Waals surface area contributed by atoms with Gasteiger partial charge in [-0.3, -0.25) is 19.0 Å². The number of benzene rings is 1. The third-order valence-corrected chi connectivity index (χ3v) is 6.37. The highest BCUT2D eigenvalue weighted by molar-refractivity contribution is 5.93. The molecular formula is C28H35N7O3. The Hall–Kier alpha value is -4.21. The van der Waals surface area contributed by atoms with Gasteiger partial charge in [-0.25, -0.2) is 4.98 Å². The molecule has 0 aliphatic carbocycles. The minimum absolute atomic E-state index is 0.0309. The van der Waals surface area contributed by atoms with Gasteiger partial charge in [-0.2, -0.15) is 10.2 Å². The Morgan fingerprint density at radius 3 is 2.45 bits per heavy atom. The number of rotatable bonds is 12. The van der Waals surface area contributed by atoms with E-state index in [1.54, 1.807) is 35.0 Å². The van der Waals surface area contributed by atoms with Crippen molar-refractivity contribution < 1.29 is 14.0 Å². The first-order valence-corrected chi connectivity index (χ1v) is 13.0. The van der Waals surface area contributed by atoms with E-state index in [0.29, 0.717) is 30.1 Å². The highest BCUT2D eigenvalue weighted by atomic mass is 16.4. The molecule has 2 amide bonds. The SMILES string of the molecule is CNC(=O)CCCCC[C@@H](NC(=O)c1cnn(C(C)C)c1)c1ncc(-c2ccc(-c3ccn(C)n3)cc2)o1. The predicted molar refractivity (Wildman–Crippen MR) is 144 cm³/mol. The van der Waals surface area contributed by atoms with Crippen molar-refractivity contribution in [1.29, 1.82) is 0 Å². The lowest BCUT2D eigenvalue weighted by Crippen LogP contribution is -2.28. The third kappa shape index (κ3) is 6.76. The summed E-state index contributed by atoms with van der Waals surface area (Å²) in [7, 11) is 3.53. The van der Waals surface area contributed by atoms with Crippen LogP contribution < -0.4 is 10.6 Å². The van der Waals surface area contributed by atoms with Crippen molar-refractivity contribution in [2.75, 3.05) is 7.05 Å². The van der Waals surface area contributed by atoms with E-state index < -0.39 is 6.04 Å². The smallest absolute Gasteiger partial charge is 0.255 e. The summed E-state index contributed by atoms with van der Waals surface area (Å²) in [5.41, 5.74) is 3.28. The lowest BCUT2D eigenvalue weighted by molar-refractivity contribution is -0.120. The van der Waals surface area contributed by atoms with Crippen LogP contribution in [0.3, 0.4) is 0 Å². The average molecular weight is 518 g/mol. The van der Waals surface area contributed by atoms with Crippen LogP contribution in [0.25, 0.3) is 22.6 Å². The van der Waals surface area contributed by atoms with Crippen molar-refractivity contribution >= 4 is 11.8 Å². The number of nitrogens with zero attached hydrogens (tertiary/aromatic N) is 5. The highest BCUT2D eigenvalue weighted by Crippen LogP contribution is 2.28. The van der Waals surface area contributed by atoms with Crippen LogP contribution in [-0.4, -0.2) is 43.4 Å². The average Bonchev–Trinajstić information content (AvgIpc) is 3.69. The molecule has 3 heterocycles. The van der Waals surface area contributed by atoms with Crippen molar-refractivity contribution in [2.45, 2.75) is 58.0 Å². The Balaban J connectivity index is 1.47. The van der Waals surface area contributed by atoms with Crippen LogP contribution in [0.1, 0.15) is 74.3 Å². The van der Waals surface area contributed by atoms with Crippen molar-refractivity contribution in [1.82, 2.24) is 35.2 Å². The summed E-state index contributed by atoms with van der Waals surface area (Å²) in [5.74, 6) is 0.874. The van der Waals surface area contributed by atoms with E-state index >= 15 is 0 Å². The number of aryl methyl sites for hydroxylation is 1. The second kappa shape index (κ2) is 12.4. The van der Waals surface area contributed by atoms with Crippen molar-refractivity contribution in [3.8, 4) is 22.6 Å². The van der Waals surface area contributed by atoms with Gasteiger partial charge in [0.15, 0.2) is 5.76 Å². The standard InChI is InChI=1S/C28H35N7O3/c1-19(2)35-18-22(16-31-35)27(37)32-24(8-6-5-7-9-26(36)29-3)28-30-17-25(38-28)21-12-10-20(11-13-21)23-14-15-34(4)33-23/h10-19,24H,5-9H2,1-4H3,(H,29,36)(H,32,37)/t24-/m1/s1. The molecule has 200 valence electrons. The molecule has 2 N–H and O–H groups in total. The fourth-order valence-corrected chi connectivity index (χ4v) is 4.13. The van der Waals surface area contributed by atoms with Crippen molar-refractivity contribution in [2.24, 2.45) is 7.05 Å². The van der Waals surface area contributed by atoms with Gasteiger partial charge < -0.3 is 15.1 Å². The van der Waals surface area contributed by atoms with Gasteiger partial charge in [-0.15, -0.1) is 0 Å². The quantitative estimate of drug-likeness (QED) is 0.263. The second-order valence-corrected chi connectivity index (χ2v) is 9.62. The summed E-state index contributed by atoms with van der Waals surface area (Å²) in [6, 6.07) is 9.66. The van der Waals surface area contributed by atoms with Gasteiger partial charge >= 0.3 is 0 Å². The zero-order valence-electron chi connectivity index (χ0n) is 22.3. The van der Waals surface area contributed by atoms with Crippen LogP contribution in [-0.2, 0) is 11.8 Å². The summed E-state index contributed by atoms with van der Waals surface area (Å²) in [4.78, 5) is 29.1. The minimum Gasteiger partial charge on any atom is -0.438 e. The number of oxazole rings is 1. The van der Waals surface area contributed by atoms with Crippen molar-refractivity contribution in [3.63, 3.8) is 0 Å². The molecule has 0 fully saturated rings. The molecule has 10 heteroatoms. The predicted octanol–water partition coefficient (Wildman–Crippen LogP) is 4.69. The van der Waals surface area contributed by atoms with Crippen LogP contribution in [0.4, 0.5) is 0 Å². The topological polar surface area (TPSA) is 120 Å². The van der Waals surface area contributed by atoms with Gasteiger partial charge in [-0.05, 0) is 32.8 Å². The van der Waals surface area contributed by atoms with Gasteiger partial charge in [0.05, 0.1) is 23.7 Å². The van der Waals surface area contributed by atoms with E-state index in [2.05, 4.69) is 25.8 Å². The van der Waals surface area contributed by atoms with Gasteiger partial charge in [0.25, 0.3) is 5.91 Å². The fraction of sp³-hybridized carbons (Fsp3) is 0.393. The molecule has 38 heavy (non-hydrogen) atoms. The van der Waals surface area contributed by atoms with Crippen LogP contribution in [0.2, 0.25) is 0 Å². The summed E-state index contributed by atoms with van der Waals surface area (Å²) in [6.45, 7) is 4.01. The maximum Gasteiger partial charge on any atom is 0.255 e. The molecule has 0 bridgehead atoms. The highest BCUT2D eigenvalue weighted by Gasteiger charge is 2.22. The van der Waals surface area contributed by atoms with Crippen LogP contribution in [0.5, 0.6) is 0 Å². The van der Waals surface area contributed by atoms with Crippen molar-refractivity contribution in [3.05, 3.63) is 66.6 Å². The number of unbranched alkanes of at least 4 members (excludes halogenated alkanes) is 2. The third-order valence-electron chi connectivity index (χ3n) is 6.37. The van der Waals surface area contributed by atoms with E-state index in [9.17, 15) is 9.59 Å². The molecule has 0 saturated heterocycles. The number of hydrogen-bond acceptors (Lipinski definition) is 6. The molecule has 0 radical (unpaired) electrons. The summed E-state index contributed by atoms with van der Waals surface area (Å²) in [6.07, 6.45) is 10.5. The molecule has 4 rings (SSSR count). The fourth-order valence-electron chi connectivity index (χ4n) is 4.13. The number of nitrogens with one attached hydrogen (secondary N) is 2. The lowest BCUT2D eigenvalue weighted by Gasteiger charge is -2.15. The van der Waals surface area contributed by atoms with E-state index in [0.717, 1.165) is 36.1 Å². The molecule has 0 aliphatic rings. The Morgan fingerprint density at radius 1 is 1.03 bits per heavy atom. The second-order valence-electron chi connectivity index (χ2n) is 9.62. The minimum atomic E-state index is -0.411. The molecule has 10 nitrogen and oxygen atoms in total. The van der Waals surface area contributed by atoms with E-state index in [4.69, 9.17) is 4.42 Å². The van der Waals surface area contributed by atoms with Crippen LogP contribution in [0.15, 0.2) is 59.5 Å². The first-order chi connectivity index (χ1) is 18.3. The lowest BCUT2D eigenvalue weighted by atomic mass is 10.1. The molecule has 4 aromatic rings. The summed E-state index contributed by atoms with van der Waals surface area (Å²) >= 11 is 0. The first kappa shape index (κ1) is 26.8. The zero-order chi connectivity index (χ0) is 27.1. The number of hydrogen-bond donors (Lipinski definition) is 2. The summed E-state index contributed by atoms with van der Waals surface area (Å²) in [5, 5.41) is 14.4. The molecule has 3 aromatic heterocycles. The number of carbonyl (C=O) groups excluding carboxylic acids is 2. The Bertz CT molecular complexity index is 1350. The largest absolute Gasteiger partial charge is 0.438 e. The molecule has 0 saturated carbocycles. The van der Waals surface area contributed by atoms with Gasteiger partial charge in [0.1, 0.15) is 6.04 Å². The molecule has 0 aliphatic heterocycles. The number of carbonyl (C=O) groups is 2. The Kier molecular flexibility index (Phi) is 8.73. The molecule has 0 spiro atoms. The normalized spacial score (nSPS) is 12.0. The maximum absolute atomic E-state index is 13.0. The van der Waals surface area contributed by atoms with Gasteiger partial charge in [0, 0.05) is 50.1 Å². The number of aromatic nitrogens is 5. The van der Waals surface area contributed by atoms with Gasteiger partial charge in [-0.1, -0.05) is 37.1 Å². The van der Waals surface area contributed by atoms with Crippen LogP contribution in [0, 0.1) is 0 Å². The maximum atomic E-state index is 13.0. The van der Waals surface area contributed by atoms with Gasteiger partial charge in [0.2, 0.25) is 11.8 Å². The summed E-state index contributed by atoms with van der Waals surface area (Å²) < 4.78 is 9.67. The zero-order valence-corrected chi connectivity index (χ0v) is 22.3. The van der Waals surface area contributed by atoms with E-state index in [-0.39, 0.29) is 17.9 Å². The van der Waals surface area contributed by atoms with E-state index in [1.807, 2.05) is 57.4 Å². The number of amides is 2. The Labute approximate surface area is 222 Å². The first-order valence-electron chi connectivity index (χ1n) is 13.0. The Morgan fingerprint density at radius 2 is 1.79 bits per heavy atom. The monoisotopic (exact) mass is 517 g/mol. The molecular weight excluding hydrogens is 482 g/mol.